The van der Waals surface area contributed by atoms with Crippen LogP contribution in [-0.2, 0) is 19.2 Å². The summed E-state index contributed by atoms with van der Waals surface area (Å²) in [6.45, 7) is 0. The van der Waals surface area contributed by atoms with Gasteiger partial charge in [-0.1, -0.05) is 6.08 Å². The summed E-state index contributed by atoms with van der Waals surface area (Å²) in [5.74, 6) is -4.06. The number of hydrogen-bond acceptors (Lipinski definition) is 4. The minimum atomic E-state index is -1.13. The number of hydrogen-bond donors (Lipinski definition) is 4. The van der Waals surface area contributed by atoms with Crippen LogP contribution < -0.4 is 0 Å². The Labute approximate surface area is 102 Å². The number of carboxylic acid groups (broad SMARTS) is 4. The van der Waals surface area contributed by atoms with Gasteiger partial charge in [0.1, 0.15) is 0 Å². The SMILES string of the molecule is O=C(O)C=CCC(=O)O.O=C(O)CCCC(=O)O. The van der Waals surface area contributed by atoms with Gasteiger partial charge in [-0.05, 0) is 6.42 Å². The molecule has 0 saturated heterocycles. The summed E-state index contributed by atoms with van der Waals surface area (Å²) in [4.78, 5) is 39.0. The first-order chi connectivity index (χ1) is 8.25. The molecule has 0 heterocycles. The van der Waals surface area contributed by atoms with E-state index in [-0.39, 0.29) is 25.7 Å². The molecule has 4 N–H and O–H groups in total. The first kappa shape index (κ1) is 18.0. The maximum atomic E-state index is 9.79. The van der Waals surface area contributed by atoms with E-state index in [1.807, 2.05) is 0 Å². The molecule has 102 valence electrons. The predicted molar refractivity (Wildman–Crippen MR) is 58.2 cm³/mol. The second kappa shape index (κ2) is 11.1. The molecule has 8 nitrogen and oxygen atoms in total. The van der Waals surface area contributed by atoms with E-state index < -0.39 is 23.9 Å². The van der Waals surface area contributed by atoms with Crippen molar-refractivity contribution >= 4 is 23.9 Å². The van der Waals surface area contributed by atoms with E-state index in [2.05, 4.69) is 0 Å². The average molecular weight is 262 g/mol. The highest BCUT2D eigenvalue weighted by atomic mass is 16.4. The minimum absolute atomic E-state index is 0.0632. The highest BCUT2D eigenvalue weighted by molar-refractivity contribution is 5.81. The van der Waals surface area contributed by atoms with E-state index in [1.54, 1.807) is 0 Å². The molecule has 0 amide bonds. The highest BCUT2D eigenvalue weighted by Gasteiger charge is 1.99. The summed E-state index contributed by atoms with van der Waals surface area (Å²) in [5.41, 5.74) is 0. The van der Waals surface area contributed by atoms with Gasteiger partial charge in [0.2, 0.25) is 0 Å². The van der Waals surface area contributed by atoms with Gasteiger partial charge in [-0.15, -0.1) is 0 Å². The van der Waals surface area contributed by atoms with Gasteiger partial charge in [0.15, 0.2) is 0 Å². The van der Waals surface area contributed by atoms with Crippen LogP contribution in [0.3, 0.4) is 0 Å². The van der Waals surface area contributed by atoms with Crippen molar-refractivity contribution in [2.75, 3.05) is 0 Å². The zero-order chi connectivity index (χ0) is 14.6. The van der Waals surface area contributed by atoms with Gasteiger partial charge in [-0.3, -0.25) is 14.4 Å². The number of rotatable bonds is 7. The van der Waals surface area contributed by atoms with Crippen molar-refractivity contribution in [1.82, 2.24) is 0 Å². The average Bonchev–Trinajstić information content (AvgIpc) is 2.15. The first-order valence-electron chi connectivity index (χ1n) is 4.80. The summed E-state index contributed by atoms with van der Waals surface area (Å²) in [7, 11) is 0. The molecule has 0 aromatic rings. The molecule has 8 heteroatoms. The van der Waals surface area contributed by atoms with Crippen LogP contribution in [-0.4, -0.2) is 44.3 Å². The second-order valence-electron chi connectivity index (χ2n) is 2.98. The van der Waals surface area contributed by atoms with Crippen LogP contribution >= 0.6 is 0 Å². The molecule has 0 bridgehead atoms. The molecule has 0 aromatic heterocycles. The van der Waals surface area contributed by atoms with Gasteiger partial charge in [-0.2, -0.15) is 0 Å². The van der Waals surface area contributed by atoms with Gasteiger partial charge in [-0.25, -0.2) is 4.79 Å². The molecule has 0 atom stereocenters. The summed E-state index contributed by atoms with van der Waals surface area (Å²) in [5, 5.41) is 32.0. The Bertz CT molecular complexity index is 317. The quantitative estimate of drug-likeness (QED) is 0.482. The molecule has 0 radical (unpaired) electrons. The Morgan fingerprint density at radius 3 is 1.50 bits per heavy atom. The molecule has 0 spiro atoms. The minimum Gasteiger partial charge on any atom is -0.481 e. The zero-order valence-electron chi connectivity index (χ0n) is 9.40. The van der Waals surface area contributed by atoms with E-state index in [9.17, 15) is 19.2 Å². The molecule has 0 aromatic carbocycles. The van der Waals surface area contributed by atoms with Crippen molar-refractivity contribution in [1.29, 1.82) is 0 Å². The van der Waals surface area contributed by atoms with Crippen molar-refractivity contribution < 1.29 is 39.6 Å². The number of aliphatic carboxylic acids is 4. The van der Waals surface area contributed by atoms with Gasteiger partial charge < -0.3 is 20.4 Å². The molecule has 0 aliphatic rings. The van der Waals surface area contributed by atoms with Crippen LogP contribution in [0.2, 0.25) is 0 Å². The standard InChI is InChI=1S/C5H8O4.C5H6O4/c2*6-4(7)2-1-3-5(8)9/h1-3H2,(H,6,7)(H,8,9);1-2H,3H2,(H,6,7)(H,8,9). The van der Waals surface area contributed by atoms with Crippen LogP contribution in [0.5, 0.6) is 0 Å². The lowest BCUT2D eigenvalue weighted by Crippen LogP contribution is -1.98. The number of carboxylic acids is 4. The molecule has 0 saturated carbocycles. The van der Waals surface area contributed by atoms with Crippen molar-refractivity contribution in [3.63, 3.8) is 0 Å². The summed E-state index contributed by atoms with van der Waals surface area (Å²) in [6, 6.07) is 0. The third kappa shape index (κ3) is 23.4. The Morgan fingerprint density at radius 1 is 0.778 bits per heavy atom. The predicted octanol–water partition coefficient (Wildman–Crippen LogP) is 0.428. The van der Waals surface area contributed by atoms with Crippen molar-refractivity contribution in [2.24, 2.45) is 0 Å². The molecule has 0 unspecified atom stereocenters. The highest BCUT2D eigenvalue weighted by Crippen LogP contribution is 1.93. The fourth-order valence-corrected chi connectivity index (χ4v) is 0.651. The summed E-state index contributed by atoms with van der Waals surface area (Å²) in [6.07, 6.45) is 1.72. The topological polar surface area (TPSA) is 149 Å². The van der Waals surface area contributed by atoms with Crippen LogP contribution in [0.15, 0.2) is 12.2 Å². The molecular weight excluding hydrogens is 248 g/mol. The zero-order valence-corrected chi connectivity index (χ0v) is 9.40. The van der Waals surface area contributed by atoms with Crippen LogP contribution in [0, 0.1) is 0 Å². The largest absolute Gasteiger partial charge is 0.481 e. The van der Waals surface area contributed by atoms with Crippen molar-refractivity contribution in [2.45, 2.75) is 25.7 Å². The van der Waals surface area contributed by atoms with Gasteiger partial charge in [0.05, 0.1) is 6.42 Å². The first-order valence-corrected chi connectivity index (χ1v) is 4.80. The number of carbonyl (C=O) groups is 4. The summed E-state index contributed by atoms with van der Waals surface area (Å²) < 4.78 is 0. The lowest BCUT2D eigenvalue weighted by atomic mass is 10.2. The fourth-order valence-electron chi connectivity index (χ4n) is 0.651. The van der Waals surface area contributed by atoms with Gasteiger partial charge >= 0.3 is 23.9 Å². The Morgan fingerprint density at radius 2 is 1.22 bits per heavy atom. The van der Waals surface area contributed by atoms with Gasteiger partial charge in [0, 0.05) is 18.9 Å². The lowest BCUT2D eigenvalue weighted by Gasteiger charge is -1.89. The van der Waals surface area contributed by atoms with Crippen molar-refractivity contribution in [3.05, 3.63) is 12.2 Å². The monoisotopic (exact) mass is 262 g/mol. The van der Waals surface area contributed by atoms with Crippen LogP contribution in [0.25, 0.3) is 0 Å². The normalized spacial score (nSPS) is 9.33. The lowest BCUT2D eigenvalue weighted by molar-refractivity contribution is -0.139. The molecule has 0 rings (SSSR count). The maximum Gasteiger partial charge on any atom is 0.327 e. The molecule has 0 fully saturated rings. The molecule has 18 heavy (non-hydrogen) atoms. The third-order valence-corrected chi connectivity index (χ3v) is 1.33. The molecular formula is C10H14O8. The van der Waals surface area contributed by atoms with E-state index in [4.69, 9.17) is 20.4 Å². The van der Waals surface area contributed by atoms with Gasteiger partial charge in [0.25, 0.3) is 0 Å². The van der Waals surface area contributed by atoms with E-state index in [0.717, 1.165) is 12.2 Å². The maximum absolute atomic E-state index is 9.79. The molecule has 0 aliphatic carbocycles. The summed E-state index contributed by atoms with van der Waals surface area (Å²) >= 11 is 0. The van der Waals surface area contributed by atoms with E-state index >= 15 is 0 Å². The van der Waals surface area contributed by atoms with E-state index in [1.165, 1.54) is 0 Å². The van der Waals surface area contributed by atoms with E-state index in [0.29, 0.717) is 0 Å². The van der Waals surface area contributed by atoms with Crippen molar-refractivity contribution in [3.8, 4) is 0 Å². The van der Waals surface area contributed by atoms with Crippen LogP contribution in [0.1, 0.15) is 25.7 Å². The molecule has 0 aliphatic heterocycles. The Hall–Kier alpha value is -2.38. The second-order valence-corrected chi connectivity index (χ2v) is 2.98. The smallest absolute Gasteiger partial charge is 0.327 e. The Balaban J connectivity index is 0. The third-order valence-electron chi connectivity index (χ3n) is 1.33. The van der Waals surface area contributed by atoms with Crippen LogP contribution in [0.4, 0.5) is 0 Å². The fraction of sp³-hybridized carbons (Fsp3) is 0.400. The Kier molecular flexibility index (Phi) is 11.1.